The van der Waals surface area contributed by atoms with Crippen molar-refractivity contribution in [1.82, 2.24) is 0 Å². The van der Waals surface area contributed by atoms with E-state index in [4.69, 9.17) is 0 Å². The molecule has 0 aromatic carbocycles. The Bertz CT molecular complexity index is 752. The van der Waals surface area contributed by atoms with E-state index in [1.807, 2.05) is 6.92 Å². The number of aliphatic hydroxyl groups excluding tert-OH is 1. The molecule has 4 saturated carbocycles. The molecule has 3 nitrogen and oxygen atoms in total. The molecule has 0 spiro atoms. The number of hydrogen-bond donors (Lipinski definition) is 1. The second-order valence-electron chi connectivity index (χ2n) is 12.4. The lowest BCUT2D eigenvalue weighted by atomic mass is 9.40. The highest BCUT2D eigenvalue weighted by molar-refractivity contribution is 5.32. The Labute approximate surface area is 192 Å². The summed E-state index contributed by atoms with van der Waals surface area (Å²) < 4.78 is 31.3. The molecule has 32 heavy (non-hydrogen) atoms. The van der Waals surface area contributed by atoms with E-state index in [0.717, 1.165) is 38.5 Å². The van der Waals surface area contributed by atoms with E-state index >= 15 is 8.78 Å². The Morgan fingerprint density at radius 1 is 1.09 bits per heavy atom. The number of carbonyl (C=O) groups excluding carboxylic acids is 1. The van der Waals surface area contributed by atoms with Crippen molar-refractivity contribution in [3.63, 3.8) is 0 Å². The molecule has 1 N–H and O–H groups in total. The summed E-state index contributed by atoms with van der Waals surface area (Å²) >= 11 is 0. The van der Waals surface area contributed by atoms with E-state index in [0.29, 0.717) is 37.1 Å². The summed E-state index contributed by atoms with van der Waals surface area (Å²) in [4.78, 5) is 14.3. The minimum absolute atomic E-state index is 0.134. The van der Waals surface area contributed by atoms with Crippen LogP contribution in [-0.2, 0) is 4.79 Å². The van der Waals surface area contributed by atoms with Gasteiger partial charge in [-0.15, -0.1) is 0 Å². The number of isocyanates is 1. The quantitative estimate of drug-likeness (QED) is 0.383. The summed E-state index contributed by atoms with van der Waals surface area (Å²) in [6.45, 7) is 11.1. The maximum Gasteiger partial charge on any atom is 0.254 e. The van der Waals surface area contributed by atoms with Crippen LogP contribution in [0.3, 0.4) is 0 Å². The molecule has 5 unspecified atom stereocenters. The molecule has 4 fully saturated rings. The predicted molar refractivity (Wildman–Crippen MR) is 122 cm³/mol. The molecular formula is C27H43F2NO2. The van der Waals surface area contributed by atoms with Gasteiger partial charge in [0.15, 0.2) is 0 Å². The minimum Gasteiger partial charge on any atom is -0.393 e. The second kappa shape index (κ2) is 8.45. The largest absolute Gasteiger partial charge is 0.393 e. The van der Waals surface area contributed by atoms with Gasteiger partial charge >= 0.3 is 0 Å². The third-order valence-electron chi connectivity index (χ3n) is 11.3. The molecule has 0 aromatic rings. The molecule has 4 aliphatic carbocycles. The van der Waals surface area contributed by atoms with Crippen LogP contribution < -0.4 is 0 Å². The van der Waals surface area contributed by atoms with E-state index in [1.165, 1.54) is 0 Å². The molecule has 0 heterocycles. The average Bonchev–Trinajstić information content (AvgIpc) is 3.10. The van der Waals surface area contributed by atoms with Gasteiger partial charge in [0, 0.05) is 11.8 Å². The van der Waals surface area contributed by atoms with Crippen molar-refractivity contribution in [3.05, 3.63) is 0 Å². The van der Waals surface area contributed by atoms with Gasteiger partial charge in [0.1, 0.15) is 0 Å². The number of halogens is 2. The summed E-state index contributed by atoms with van der Waals surface area (Å²) in [6, 6.07) is 0. The Balaban J connectivity index is 1.66. The smallest absolute Gasteiger partial charge is 0.254 e. The molecule has 4 rings (SSSR count). The van der Waals surface area contributed by atoms with Crippen LogP contribution in [-0.4, -0.2) is 29.8 Å². The van der Waals surface area contributed by atoms with Crippen LogP contribution in [0.15, 0.2) is 4.99 Å². The van der Waals surface area contributed by atoms with Gasteiger partial charge in [0.25, 0.3) is 5.92 Å². The van der Waals surface area contributed by atoms with Gasteiger partial charge < -0.3 is 5.11 Å². The Morgan fingerprint density at radius 2 is 1.75 bits per heavy atom. The van der Waals surface area contributed by atoms with Crippen molar-refractivity contribution in [2.24, 2.45) is 63.2 Å². The van der Waals surface area contributed by atoms with Crippen LogP contribution in [0.1, 0.15) is 86.0 Å². The Hall–Kier alpha value is -0.800. The highest BCUT2D eigenvalue weighted by Crippen LogP contribution is 2.71. The molecule has 5 heteroatoms. The second-order valence-corrected chi connectivity index (χ2v) is 12.4. The molecule has 0 radical (unpaired) electrons. The summed E-state index contributed by atoms with van der Waals surface area (Å²) in [5, 5.41) is 11.7. The third kappa shape index (κ3) is 3.35. The molecule has 4 aliphatic rings. The predicted octanol–water partition coefficient (Wildman–Crippen LogP) is 6.50. The van der Waals surface area contributed by atoms with Crippen molar-refractivity contribution < 1.29 is 18.7 Å². The number of aliphatic imine (C=N–C) groups is 1. The lowest BCUT2D eigenvalue weighted by molar-refractivity contribution is -0.273. The van der Waals surface area contributed by atoms with Gasteiger partial charge in [0.05, 0.1) is 12.6 Å². The monoisotopic (exact) mass is 451 g/mol. The van der Waals surface area contributed by atoms with Crippen molar-refractivity contribution in [1.29, 1.82) is 0 Å². The molecule has 0 bridgehead atoms. The normalized spacial score (nSPS) is 50.5. The summed E-state index contributed by atoms with van der Waals surface area (Å²) in [5.41, 5.74) is -0.247. The summed E-state index contributed by atoms with van der Waals surface area (Å²) in [7, 11) is 0. The van der Waals surface area contributed by atoms with E-state index in [9.17, 15) is 9.90 Å². The number of aliphatic hydroxyl groups is 1. The zero-order valence-electron chi connectivity index (χ0n) is 20.6. The molecule has 0 saturated heterocycles. The van der Waals surface area contributed by atoms with Gasteiger partial charge in [-0.2, -0.15) is 0 Å². The number of nitrogens with zero attached hydrogens (tertiary/aromatic N) is 1. The topological polar surface area (TPSA) is 49.7 Å². The Morgan fingerprint density at radius 3 is 2.41 bits per heavy atom. The zero-order chi connectivity index (χ0) is 23.5. The van der Waals surface area contributed by atoms with Crippen LogP contribution in [0.2, 0.25) is 0 Å². The highest BCUT2D eigenvalue weighted by atomic mass is 19.3. The first-order valence-corrected chi connectivity index (χ1v) is 13.1. The minimum atomic E-state index is -2.70. The molecule has 0 amide bonds. The fraction of sp³-hybridized carbons (Fsp3) is 0.963. The highest BCUT2D eigenvalue weighted by Gasteiger charge is 2.70. The number of hydrogen-bond acceptors (Lipinski definition) is 3. The molecule has 0 aromatic heterocycles. The van der Waals surface area contributed by atoms with Crippen LogP contribution in [0.25, 0.3) is 0 Å². The van der Waals surface area contributed by atoms with Gasteiger partial charge in [0.2, 0.25) is 6.08 Å². The number of rotatable bonds is 5. The van der Waals surface area contributed by atoms with E-state index in [2.05, 4.69) is 25.8 Å². The molecule has 0 aliphatic heterocycles. The maximum atomic E-state index is 15.7. The van der Waals surface area contributed by atoms with Crippen LogP contribution in [0.5, 0.6) is 0 Å². The molecule has 11 atom stereocenters. The molecular weight excluding hydrogens is 408 g/mol. The zero-order valence-corrected chi connectivity index (χ0v) is 20.6. The first kappa shape index (κ1) is 24.3. The lowest BCUT2D eigenvalue weighted by Crippen LogP contribution is -2.66. The van der Waals surface area contributed by atoms with Gasteiger partial charge in [-0.3, -0.25) is 0 Å². The van der Waals surface area contributed by atoms with Gasteiger partial charge in [-0.25, -0.2) is 18.6 Å². The van der Waals surface area contributed by atoms with E-state index in [-0.39, 0.29) is 28.6 Å². The van der Waals surface area contributed by atoms with Crippen LogP contribution >= 0.6 is 0 Å². The lowest BCUT2D eigenvalue weighted by Gasteiger charge is -2.66. The summed E-state index contributed by atoms with van der Waals surface area (Å²) in [5.74, 6) is -2.60. The Kier molecular flexibility index (Phi) is 6.42. The van der Waals surface area contributed by atoms with Crippen molar-refractivity contribution in [2.75, 3.05) is 6.54 Å². The van der Waals surface area contributed by atoms with E-state index < -0.39 is 23.9 Å². The van der Waals surface area contributed by atoms with Crippen LogP contribution in [0, 0.1) is 58.2 Å². The van der Waals surface area contributed by atoms with E-state index in [1.54, 1.807) is 13.0 Å². The maximum absolute atomic E-state index is 15.7. The van der Waals surface area contributed by atoms with Crippen molar-refractivity contribution in [2.45, 2.75) is 98.0 Å². The van der Waals surface area contributed by atoms with Crippen LogP contribution in [0.4, 0.5) is 8.78 Å². The average molecular weight is 452 g/mol. The number of fused-ring (bicyclic) bond motifs is 5. The van der Waals surface area contributed by atoms with Crippen molar-refractivity contribution in [3.8, 4) is 0 Å². The van der Waals surface area contributed by atoms with Gasteiger partial charge in [-0.1, -0.05) is 41.0 Å². The SMILES string of the molecule is CC[C@H]1C(O)C2C3CCC([C@H](C)CCN=C=O)[C@@]3(C)CCC2[C@@]2(C)CC[C@@H](C)C(F)(F)[C@@H]12. The third-order valence-corrected chi connectivity index (χ3v) is 11.3. The van der Waals surface area contributed by atoms with Gasteiger partial charge in [-0.05, 0) is 91.3 Å². The van der Waals surface area contributed by atoms with Crippen molar-refractivity contribution >= 4 is 6.08 Å². The standard InChI is InChI=1S/C27H43F2NO2/c1-6-18-23(32)22-20-8-7-19(16(2)11-14-30-15-31)25(20,4)13-10-21(22)26(5)12-9-17(3)27(28,29)24(18)26/h16-24,32H,6-14H2,1-5H3/t16-,17-,18+,19?,20?,21?,22?,23?,24+,25-,26-/m1/s1. The summed E-state index contributed by atoms with van der Waals surface area (Å²) in [6.07, 6.45) is 8.24. The number of alkyl halides is 2. The fourth-order valence-electron chi connectivity index (χ4n) is 9.70. The first-order valence-electron chi connectivity index (χ1n) is 13.1. The first-order chi connectivity index (χ1) is 15.0. The molecule has 182 valence electrons. The fourth-order valence-corrected chi connectivity index (χ4v) is 9.70.